The van der Waals surface area contributed by atoms with E-state index in [-0.39, 0.29) is 5.56 Å². The average Bonchev–Trinajstić information content (AvgIpc) is 3.23. The molecular formula is C23H24F2N4O2. The number of rotatable bonds is 6. The quantitative estimate of drug-likeness (QED) is 0.601. The SMILES string of the molecule is Cc1ccc(-c2noc(CCCN3CCN(C(=O)c4ccc(F)cc4F)CC3)n2)cc1. The molecule has 6 nitrogen and oxygen atoms in total. The molecule has 3 aromatic rings. The smallest absolute Gasteiger partial charge is 0.256 e. The van der Waals surface area contributed by atoms with E-state index in [1.54, 1.807) is 4.90 Å². The maximum absolute atomic E-state index is 13.9. The number of hydrogen-bond acceptors (Lipinski definition) is 5. The highest BCUT2D eigenvalue weighted by molar-refractivity contribution is 5.94. The average molecular weight is 426 g/mol. The van der Waals surface area contributed by atoms with Crippen molar-refractivity contribution in [1.29, 1.82) is 0 Å². The first-order valence-electron chi connectivity index (χ1n) is 10.4. The lowest BCUT2D eigenvalue weighted by Crippen LogP contribution is -2.49. The van der Waals surface area contributed by atoms with Crippen molar-refractivity contribution in [3.63, 3.8) is 0 Å². The van der Waals surface area contributed by atoms with E-state index in [9.17, 15) is 13.6 Å². The van der Waals surface area contributed by atoms with Gasteiger partial charge >= 0.3 is 0 Å². The lowest BCUT2D eigenvalue weighted by Gasteiger charge is -2.34. The van der Waals surface area contributed by atoms with Crippen molar-refractivity contribution >= 4 is 5.91 Å². The second-order valence-electron chi connectivity index (χ2n) is 7.74. The Balaban J connectivity index is 1.23. The molecule has 0 N–H and O–H groups in total. The number of amides is 1. The topological polar surface area (TPSA) is 62.5 Å². The summed E-state index contributed by atoms with van der Waals surface area (Å²) < 4.78 is 32.3. The zero-order valence-corrected chi connectivity index (χ0v) is 17.4. The molecular weight excluding hydrogens is 402 g/mol. The molecule has 2 aromatic carbocycles. The first-order valence-corrected chi connectivity index (χ1v) is 10.4. The second-order valence-corrected chi connectivity index (χ2v) is 7.74. The summed E-state index contributed by atoms with van der Waals surface area (Å²) in [6, 6.07) is 11.0. The van der Waals surface area contributed by atoms with Crippen molar-refractivity contribution in [3.8, 4) is 11.4 Å². The third kappa shape index (κ3) is 5.14. The Morgan fingerprint density at radius 1 is 1.06 bits per heavy atom. The van der Waals surface area contributed by atoms with E-state index in [1.807, 2.05) is 31.2 Å². The van der Waals surface area contributed by atoms with Gasteiger partial charge in [0.05, 0.1) is 5.56 Å². The third-order valence-electron chi connectivity index (χ3n) is 5.46. The predicted octanol–water partition coefficient (Wildman–Crippen LogP) is 3.71. The molecule has 0 spiro atoms. The number of piperazine rings is 1. The molecule has 1 aliphatic heterocycles. The van der Waals surface area contributed by atoms with Gasteiger partial charge in [-0.15, -0.1) is 0 Å². The normalized spacial score (nSPS) is 14.7. The molecule has 0 atom stereocenters. The highest BCUT2D eigenvalue weighted by Crippen LogP contribution is 2.17. The van der Waals surface area contributed by atoms with Crippen LogP contribution in [0.3, 0.4) is 0 Å². The van der Waals surface area contributed by atoms with Gasteiger partial charge in [-0.1, -0.05) is 35.0 Å². The second kappa shape index (κ2) is 9.34. The molecule has 0 saturated carbocycles. The molecule has 1 aromatic heterocycles. The summed E-state index contributed by atoms with van der Waals surface area (Å²) in [6.07, 6.45) is 1.54. The Morgan fingerprint density at radius 2 is 1.81 bits per heavy atom. The molecule has 8 heteroatoms. The Morgan fingerprint density at radius 3 is 2.52 bits per heavy atom. The van der Waals surface area contributed by atoms with E-state index in [0.717, 1.165) is 30.7 Å². The first kappa shape index (κ1) is 21.1. The monoisotopic (exact) mass is 426 g/mol. The van der Waals surface area contributed by atoms with Crippen molar-refractivity contribution in [2.24, 2.45) is 0 Å². The minimum atomic E-state index is -0.822. The molecule has 2 heterocycles. The van der Waals surface area contributed by atoms with Crippen LogP contribution >= 0.6 is 0 Å². The number of carbonyl (C=O) groups is 1. The molecule has 0 unspecified atom stereocenters. The number of halogens is 2. The fourth-order valence-corrected chi connectivity index (χ4v) is 3.64. The van der Waals surface area contributed by atoms with Crippen molar-refractivity contribution in [3.05, 3.63) is 71.1 Å². The maximum Gasteiger partial charge on any atom is 0.256 e. The number of nitrogens with zero attached hydrogens (tertiary/aromatic N) is 4. The summed E-state index contributed by atoms with van der Waals surface area (Å²) in [6.45, 7) is 5.29. The summed E-state index contributed by atoms with van der Waals surface area (Å²) in [5.41, 5.74) is 2.02. The van der Waals surface area contributed by atoms with Gasteiger partial charge in [0.15, 0.2) is 0 Å². The van der Waals surface area contributed by atoms with Crippen LogP contribution in [0.25, 0.3) is 11.4 Å². The number of carbonyl (C=O) groups excluding carboxylic acids is 1. The molecule has 0 bridgehead atoms. The lowest BCUT2D eigenvalue weighted by molar-refractivity contribution is 0.0631. The highest BCUT2D eigenvalue weighted by Gasteiger charge is 2.24. The van der Waals surface area contributed by atoms with E-state index >= 15 is 0 Å². The Hall–Kier alpha value is -3.13. The molecule has 1 aliphatic rings. The summed E-state index contributed by atoms with van der Waals surface area (Å²) in [5.74, 6) is -0.707. The summed E-state index contributed by atoms with van der Waals surface area (Å²) in [7, 11) is 0. The Kier molecular flexibility index (Phi) is 6.36. The number of aromatic nitrogens is 2. The molecule has 1 saturated heterocycles. The van der Waals surface area contributed by atoms with Crippen LogP contribution in [0.5, 0.6) is 0 Å². The van der Waals surface area contributed by atoms with E-state index < -0.39 is 17.5 Å². The molecule has 1 amide bonds. The van der Waals surface area contributed by atoms with E-state index in [2.05, 4.69) is 15.0 Å². The van der Waals surface area contributed by atoms with Crippen molar-refractivity contribution in [2.75, 3.05) is 32.7 Å². The molecule has 0 aliphatic carbocycles. The fourth-order valence-electron chi connectivity index (χ4n) is 3.64. The van der Waals surface area contributed by atoms with Crippen molar-refractivity contribution < 1.29 is 18.1 Å². The van der Waals surface area contributed by atoms with Crippen LogP contribution in [0.1, 0.15) is 28.2 Å². The number of aryl methyl sites for hydroxylation is 2. The van der Waals surface area contributed by atoms with Crippen molar-refractivity contribution in [1.82, 2.24) is 19.9 Å². The highest BCUT2D eigenvalue weighted by atomic mass is 19.1. The fraction of sp³-hybridized carbons (Fsp3) is 0.348. The van der Waals surface area contributed by atoms with Crippen LogP contribution in [-0.2, 0) is 6.42 Å². The molecule has 4 rings (SSSR count). The van der Waals surface area contributed by atoms with Gasteiger partial charge in [0, 0.05) is 44.2 Å². The van der Waals surface area contributed by atoms with Crippen LogP contribution in [0.4, 0.5) is 8.78 Å². The van der Waals surface area contributed by atoms with Gasteiger partial charge in [-0.2, -0.15) is 4.98 Å². The van der Waals surface area contributed by atoms with E-state index in [0.29, 0.717) is 44.3 Å². The molecule has 1 fully saturated rings. The zero-order chi connectivity index (χ0) is 21.8. The van der Waals surface area contributed by atoms with Crippen LogP contribution in [0, 0.1) is 18.6 Å². The Bertz CT molecular complexity index is 1040. The van der Waals surface area contributed by atoms with Crippen molar-refractivity contribution in [2.45, 2.75) is 19.8 Å². The molecule has 0 radical (unpaired) electrons. The van der Waals surface area contributed by atoms with Crippen LogP contribution in [0.2, 0.25) is 0 Å². The number of hydrogen-bond donors (Lipinski definition) is 0. The largest absolute Gasteiger partial charge is 0.339 e. The van der Waals surface area contributed by atoms with Gasteiger partial charge in [0.2, 0.25) is 11.7 Å². The van der Waals surface area contributed by atoms with Gasteiger partial charge < -0.3 is 9.42 Å². The third-order valence-corrected chi connectivity index (χ3v) is 5.46. The lowest BCUT2D eigenvalue weighted by atomic mass is 10.1. The zero-order valence-electron chi connectivity index (χ0n) is 17.4. The van der Waals surface area contributed by atoms with Gasteiger partial charge in [0.1, 0.15) is 11.6 Å². The first-order chi connectivity index (χ1) is 15.0. The van der Waals surface area contributed by atoms with E-state index in [1.165, 1.54) is 11.6 Å². The molecule has 31 heavy (non-hydrogen) atoms. The van der Waals surface area contributed by atoms with Gasteiger partial charge in [0.25, 0.3) is 5.91 Å². The van der Waals surface area contributed by atoms with Gasteiger partial charge in [-0.3, -0.25) is 9.69 Å². The standard InChI is InChI=1S/C23H24F2N4O2/c1-16-4-6-17(7-5-16)22-26-21(31-27-22)3-2-10-28-11-13-29(14-12-28)23(30)19-9-8-18(24)15-20(19)25/h4-9,15H,2-3,10-14H2,1H3. The minimum Gasteiger partial charge on any atom is -0.339 e. The van der Waals surface area contributed by atoms with Gasteiger partial charge in [-0.05, 0) is 32.0 Å². The summed E-state index contributed by atoms with van der Waals surface area (Å²) >= 11 is 0. The van der Waals surface area contributed by atoms with Gasteiger partial charge in [-0.25, -0.2) is 8.78 Å². The molecule has 162 valence electrons. The number of benzene rings is 2. The van der Waals surface area contributed by atoms with Crippen LogP contribution in [0.15, 0.2) is 47.0 Å². The Labute approximate surface area is 179 Å². The predicted molar refractivity (Wildman–Crippen MR) is 111 cm³/mol. The maximum atomic E-state index is 13.9. The van der Waals surface area contributed by atoms with Crippen LogP contribution < -0.4 is 0 Å². The minimum absolute atomic E-state index is 0.0874. The van der Waals surface area contributed by atoms with E-state index in [4.69, 9.17) is 4.52 Å². The van der Waals surface area contributed by atoms with Crippen LogP contribution in [-0.4, -0.2) is 58.6 Å². The summed E-state index contributed by atoms with van der Waals surface area (Å²) in [4.78, 5) is 20.8. The summed E-state index contributed by atoms with van der Waals surface area (Å²) in [5, 5.41) is 4.05.